The van der Waals surface area contributed by atoms with E-state index in [1.807, 2.05) is 0 Å². The van der Waals surface area contributed by atoms with Gasteiger partial charge in [-0.25, -0.2) is 18.4 Å². The fourth-order valence-corrected chi connectivity index (χ4v) is 1.54. The molecule has 0 aromatic heterocycles. The van der Waals surface area contributed by atoms with Crippen molar-refractivity contribution in [3.8, 4) is 11.5 Å². The van der Waals surface area contributed by atoms with Crippen molar-refractivity contribution in [3.05, 3.63) is 58.1 Å². The summed E-state index contributed by atoms with van der Waals surface area (Å²) in [5, 5.41) is 8.80. The molecule has 0 aliphatic heterocycles. The molecule has 0 bridgehead atoms. The van der Waals surface area contributed by atoms with E-state index in [2.05, 4.69) is 25.8 Å². The van der Waals surface area contributed by atoms with Crippen LogP contribution in [0.5, 0.6) is 11.5 Å². The summed E-state index contributed by atoms with van der Waals surface area (Å²) < 4.78 is 37.4. The van der Waals surface area contributed by atoms with Gasteiger partial charge in [0.05, 0.1) is 24.3 Å². The molecule has 30 heavy (non-hydrogen) atoms. The second kappa shape index (κ2) is 19.6. The molecule has 0 fully saturated rings. The average Bonchev–Trinajstić information content (AvgIpc) is 2.61. The Labute approximate surface area is 207 Å². The monoisotopic (exact) mass is 502 g/mol. The summed E-state index contributed by atoms with van der Waals surface area (Å²) >= 11 is 15.5. The minimum Gasteiger partial charge on any atom is -0.870 e. The van der Waals surface area contributed by atoms with Gasteiger partial charge in [0.15, 0.2) is 5.75 Å². The van der Waals surface area contributed by atoms with Crippen molar-refractivity contribution in [2.24, 2.45) is 0 Å². The van der Waals surface area contributed by atoms with Crippen LogP contribution in [0.1, 0.15) is 0 Å². The van der Waals surface area contributed by atoms with E-state index in [0.717, 1.165) is 24.3 Å². The summed E-state index contributed by atoms with van der Waals surface area (Å²) in [7, 11) is 2.38. The van der Waals surface area contributed by atoms with E-state index in [0.29, 0.717) is 0 Å². The molecule has 0 radical (unpaired) electrons. The van der Waals surface area contributed by atoms with Crippen molar-refractivity contribution in [2.45, 2.75) is 0 Å². The van der Waals surface area contributed by atoms with Crippen LogP contribution in [-0.2, 0) is 9.47 Å². The van der Waals surface area contributed by atoms with Gasteiger partial charge in [-0.2, -0.15) is 0 Å². The number of aromatic hydroxyl groups is 1. The van der Waals surface area contributed by atoms with Gasteiger partial charge in [-0.15, -0.1) is 0 Å². The maximum atomic E-state index is 12.5. The molecule has 0 saturated heterocycles. The molecule has 0 spiro atoms. The predicted molar refractivity (Wildman–Crippen MR) is 101 cm³/mol. The number of phenols is 1. The first-order valence-corrected chi connectivity index (χ1v) is 7.82. The van der Waals surface area contributed by atoms with E-state index in [1.165, 1.54) is 26.4 Å². The molecular weight excluding hydrogens is 488 g/mol. The number of methoxy groups -OCH3 is 2. The first kappa shape index (κ1) is 36.0. The summed E-state index contributed by atoms with van der Waals surface area (Å²) in [4.78, 5) is 20.0. The van der Waals surface area contributed by atoms with Crippen LogP contribution in [0.2, 0.25) is 10.0 Å². The van der Waals surface area contributed by atoms with Crippen molar-refractivity contribution >= 4 is 46.4 Å². The van der Waals surface area contributed by atoms with Gasteiger partial charge in [0.1, 0.15) is 17.4 Å². The van der Waals surface area contributed by atoms with Crippen LogP contribution in [-0.4, -0.2) is 41.9 Å². The second-order valence-electron chi connectivity index (χ2n) is 4.17. The van der Waals surface area contributed by atoms with E-state index < -0.39 is 23.2 Å². The molecular formula is C16H16Cl3F2NaO8. The first-order chi connectivity index (χ1) is 12.6. The Bertz CT molecular complexity index is 784. The Hall–Kier alpha value is -1.37. The van der Waals surface area contributed by atoms with Gasteiger partial charge < -0.3 is 30.3 Å². The zero-order chi connectivity index (χ0) is 21.0. The zero-order valence-electron chi connectivity index (χ0n) is 15.8. The minimum absolute atomic E-state index is 0. The molecule has 4 N–H and O–H groups in total. The number of ether oxygens (including phenoxy) is 3. The predicted octanol–water partition coefficient (Wildman–Crippen LogP) is 1.80. The number of benzene rings is 2. The summed E-state index contributed by atoms with van der Waals surface area (Å²) in [6.45, 7) is 0. The van der Waals surface area contributed by atoms with E-state index in [-0.39, 0.29) is 62.1 Å². The zero-order valence-corrected chi connectivity index (χ0v) is 20.1. The second-order valence-corrected chi connectivity index (χ2v) is 5.29. The van der Waals surface area contributed by atoms with Gasteiger partial charge in [-0.3, -0.25) is 0 Å². The summed E-state index contributed by atoms with van der Waals surface area (Å²) in [5.74, 6) is -0.979. The van der Waals surface area contributed by atoms with Crippen molar-refractivity contribution in [1.82, 2.24) is 0 Å². The molecule has 0 aliphatic rings. The summed E-state index contributed by atoms with van der Waals surface area (Å²) in [5.41, 5.74) is -0.773. The molecule has 0 atom stereocenters. The van der Waals surface area contributed by atoms with Gasteiger partial charge in [-0.1, -0.05) is 23.2 Å². The third kappa shape index (κ3) is 16.4. The minimum atomic E-state index is -0.895. The average molecular weight is 504 g/mol. The number of rotatable bonds is 1. The standard InChI is InChI=1S/C8H6ClFO3.C6H4ClFO.C2H3ClO2.Na.2H2O/c1-12-8(11)13-7-3-2-5(10)4-6(7)9;7-5-3-4(8)1-2-6(5)9;1-5-2(3)4;;;/h2-4H,1H3;1-3,9H;1H3;;2*1H2/q;;;+1;;/p-1. The molecule has 0 unspecified atom stereocenters. The molecule has 2 rings (SSSR count). The normalized spacial score (nSPS) is 8.10. The number of phenolic OH excluding ortho intramolecular Hbond substituents is 1. The number of halogens is 5. The van der Waals surface area contributed by atoms with Crippen LogP contribution in [0, 0.1) is 11.6 Å². The van der Waals surface area contributed by atoms with Crippen LogP contribution >= 0.6 is 34.8 Å². The molecule has 2 aromatic carbocycles. The number of carbonyl (C=O) groups excluding carboxylic acids is 2. The van der Waals surface area contributed by atoms with Gasteiger partial charge in [-0.05, 0) is 36.4 Å². The van der Waals surface area contributed by atoms with Gasteiger partial charge >= 0.3 is 41.1 Å². The molecule has 2 aromatic rings. The van der Waals surface area contributed by atoms with Crippen LogP contribution in [0.25, 0.3) is 0 Å². The first-order valence-electron chi connectivity index (χ1n) is 6.69. The van der Waals surface area contributed by atoms with Crippen LogP contribution in [0.3, 0.4) is 0 Å². The third-order valence-electron chi connectivity index (χ3n) is 2.32. The van der Waals surface area contributed by atoms with Crippen LogP contribution in [0.15, 0.2) is 36.4 Å². The number of hydrogen-bond donors (Lipinski definition) is 1. The Morgan fingerprint density at radius 3 is 1.70 bits per heavy atom. The Balaban J connectivity index is -0.000000176. The quantitative estimate of drug-likeness (QED) is 0.270. The molecule has 14 heteroatoms. The van der Waals surface area contributed by atoms with Crippen molar-refractivity contribution in [1.29, 1.82) is 0 Å². The van der Waals surface area contributed by atoms with Crippen molar-refractivity contribution in [3.63, 3.8) is 0 Å². The van der Waals surface area contributed by atoms with Crippen molar-refractivity contribution < 1.29 is 78.2 Å². The summed E-state index contributed by atoms with van der Waals surface area (Å²) in [6.07, 6.45) is -0.895. The van der Waals surface area contributed by atoms with Gasteiger partial charge in [0, 0.05) is 11.6 Å². The smallest absolute Gasteiger partial charge is 0.870 e. The fourth-order valence-electron chi connectivity index (χ4n) is 1.17. The van der Waals surface area contributed by atoms with Crippen LogP contribution < -0.4 is 34.3 Å². The molecule has 164 valence electrons. The van der Waals surface area contributed by atoms with E-state index in [1.54, 1.807) is 0 Å². The Kier molecular flexibility index (Phi) is 23.5. The molecule has 0 heterocycles. The SMILES string of the molecule is COC(=O)Cl.COC(=O)Oc1ccc(F)cc1Cl.O.Oc1ccc(F)cc1Cl.[Na+].[OH-]. The van der Waals surface area contributed by atoms with E-state index >= 15 is 0 Å². The Morgan fingerprint density at radius 2 is 1.37 bits per heavy atom. The number of hydrogen-bond acceptors (Lipinski definition) is 7. The fraction of sp³-hybridized carbons (Fsp3) is 0.125. The molecule has 8 nitrogen and oxygen atoms in total. The molecule has 0 amide bonds. The largest absolute Gasteiger partial charge is 1.00 e. The van der Waals surface area contributed by atoms with Crippen LogP contribution in [0.4, 0.5) is 18.4 Å². The molecule has 0 aliphatic carbocycles. The van der Waals surface area contributed by atoms with E-state index in [9.17, 15) is 18.4 Å². The van der Waals surface area contributed by atoms with E-state index in [4.69, 9.17) is 28.3 Å². The van der Waals surface area contributed by atoms with Crippen molar-refractivity contribution in [2.75, 3.05) is 14.2 Å². The third-order valence-corrected chi connectivity index (χ3v) is 3.08. The number of carbonyl (C=O) groups is 2. The summed E-state index contributed by atoms with van der Waals surface area (Å²) in [6, 6.07) is 6.81. The maximum Gasteiger partial charge on any atom is 1.00 e. The maximum absolute atomic E-state index is 12.5. The van der Waals surface area contributed by atoms with Gasteiger partial charge in [0.25, 0.3) is 0 Å². The Morgan fingerprint density at radius 1 is 0.933 bits per heavy atom. The topological polar surface area (TPSA) is 144 Å². The van der Waals surface area contributed by atoms with Gasteiger partial charge in [0.2, 0.25) is 0 Å². The molecule has 0 saturated carbocycles.